The van der Waals surface area contributed by atoms with E-state index in [4.69, 9.17) is 12.2 Å². The molecule has 0 unspecified atom stereocenters. The molecule has 2 rings (SSSR count). The Morgan fingerprint density at radius 3 is 2.52 bits per heavy atom. The SMILES string of the molecule is CN(C)S(=O)(=O)c1cccc(NC(=S)NN=Cc2ccc(F)cc2)c1. The maximum absolute atomic E-state index is 12.8. The molecule has 0 radical (unpaired) electrons. The van der Waals surface area contributed by atoms with Gasteiger partial charge in [0.05, 0.1) is 11.1 Å². The Hall–Kier alpha value is -2.36. The summed E-state index contributed by atoms with van der Waals surface area (Å²) in [5, 5.41) is 6.98. The normalized spacial score (nSPS) is 11.7. The molecule has 0 aromatic heterocycles. The van der Waals surface area contributed by atoms with E-state index in [-0.39, 0.29) is 15.8 Å². The summed E-state index contributed by atoms with van der Waals surface area (Å²) in [6.07, 6.45) is 1.49. The van der Waals surface area contributed by atoms with Crippen molar-refractivity contribution < 1.29 is 12.8 Å². The topological polar surface area (TPSA) is 73.8 Å². The molecule has 0 atom stereocenters. The fourth-order valence-corrected chi connectivity index (χ4v) is 2.94. The molecule has 25 heavy (non-hydrogen) atoms. The summed E-state index contributed by atoms with van der Waals surface area (Å²) in [7, 11) is -0.594. The average molecular weight is 380 g/mol. The summed E-state index contributed by atoms with van der Waals surface area (Å²) < 4.78 is 38.2. The number of nitrogens with zero attached hydrogens (tertiary/aromatic N) is 2. The van der Waals surface area contributed by atoms with E-state index in [1.54, 1.807) is 24.3 Å². The fourth-order valence-electron chi connectivity index (χ4n) is 1.82. The van der Waals surface area contributed by atoms with Gasteiger partial charge in [0.2, 0.25) is 10.0 Å². The lowest BCUT2D eigenvalue weighted by Crippen LogP contribution is -2.25. The first-order chi connectivity index (χ1) is 11.8. The van der Waals surface area contributed by atoms with Crippen molar-refractivity contribution in [3.63, 3.8) is 0 Å². The predicted molar refractivity (Wildman–Crippen MR) is 101 cm³/mol. The van der Waals surface area contributed by atoms with Crippen molar-refractivity contribution in [2.24, 2.45) is 5.10 Å². The van der Waals surface area contributed by atoms with Gasteiger partial charge in [0.15, 0.2) is 5.11 Å². The van der Waals surface area contributed by atoms with E-state index in [0.29, 0.717) is 11.3 Å². The highest BCUT2D eigenvalue weighted by molar-refractivity contribution is 7.89. The van der Waals surface area contributed by atoms with E-state index in [1.165, 1.54) is 44.6 Å². The molecule has 0 bridgehead atoms. The second-order valence-corrected chi connectivity index (χ2v) is 7.75. The van der Waals surface area contributed by atoms with E-state index in [9.17, 15) is 12.8 Å². The first-order valence-corrected chi connectivity index (χ1v) is 9.02. The van der Waals surface area contributed by atoms with E-state index in [0.717, 1.165) is 4.31 Å². The number of halogens is 1. The minimum atomic E-state index is -3.52. The van der Waals surface area contributed by atoms with Crippen LogP contribution in [0.5, 0.6) is 0 Å². The minimum absolute atomic E-state index is 0.153. The van der Waals surface area contributed by atoms with Gasteiger partial charge < -0.3 is 5.32 Å². The Morgan fingerprint density at radius 1 is 1.20 bits per heavy atom. The first-order valence-electron chi connectivity index (χ1n) is 7.17. The standard InChI is InChI=1S/C16H17FN4O2S2/c1-21(2)25(22,23)15-5-3-4-14(10-15)19-16(24)20-18-11-12-6-8-13(17)9-7-12/h3-11H,1-2H3,(H2,19,20,24). The van der Waals surface area contributed by atoms with Gasteiger partial charge in [0.25, 0.3) is 0 Å². The number of hydrogen-bond donors (Lipinski definition) is 2. The maximum atomic E-state index is 12.8. The number of hydrazone groups is 1. The van der Waals surface area contributed by atoms with Gasteiger partial charge in [-0.2, -0.15) is 5.10 Å². The highest BCUT2D eigenvalue weighted by Gasteiger charge is 2.17. The molecule has 9 heteroatoms. The summed E-state index contributed by atoms with van der Waals surface area (Å²) in [5.74, 6) is -0.324. The smallest absolute Gasteiger partial charge is 0.242 e. The van der Waals surface area contributed by atoms with Crippen LogP contribution in [0, 0.1) is 5.82 Å². The number of benzene rings is 2. The summed E-state index contributed by atoms with van der Waals surface area (Å²) >= 11 is 5.10. The van der Waals surface area contributed by atoms with Gasteiger partial charge in [-0.05, 0) is 48.1 Å². The molecule has 0 spiro atoms. The molecule has 0 amide bonds. The molecule has 0 fully saturated rings. The number of thiocarbonyl (C=S) groups is 1. The van der Waals surface area contributed by atoms with Gasteiger partial charge in [-0.1, -0.05) is 18.2 Å². The third-order valence-corrected chi connectivity index (χ3v) is 5.12. The Balaban J connectivity index is 2.00. The second-order valence-electron chi connectivity index (χ2n) is 5.19. The molecule has 2 aromatic carbocycles. The number of nitrogens with one attached hydrogen (secondary N) is 2. The molecule has 0 saturated heterocycles. The van der Waals surface area contributed by atoms with Crippen molar-refractivity contribution in [3.8, 4) is 0 Å². The lowest BCUT2D eigenvalue weighted by atomic mass is 10.2. The first kappa shape index (κ1) is 19.0. The molecule has 2 aromatic rings. The van der Waals surface area contributed by atoms with Crippen molar-refractivity contribution in [1.82, 2.24) is 9.73 Å². The molecular formula is C16H17FN4O2S2. The van der Waals surface area contributed by atoms with E-state index >= 15 is 0 Å². The van der Waals surface area contributed by atoms with Crippen LogP contribution in [0.15, 0.2) is 58.5 Å². The molecule has 0 heterocycles. The van der Waals surface area contributed by atoms with Crippen LogP contribution < -0.4 is 10.7 Å². The summed E-state index contributed by atoms with van der Waals surface area (Å²) in [5.41, 5.74) is 3.83. The van der Waals surface area contributed by atoms with Crippen molar-refractivity contribution in [1.29, 1.82) is 0 Å². The van der Waals surface area contributed by atoms with Gasteiger partial charge in [0, 0.05) is 19.8 Å². The highest BCUT2D eigenvalue weighted by atomic mass is 32.2. The molecular weight excluding hydrogens is 363 g/mol. The zero-order chi connectivity index (χ0) is 18.4. The van der Waals surface area contributed by atoms with Crippen LogP contribution in [-0.2, 0) is 10.0 Å². The maximum Gasteiger partial charge on any atom is 0.242 e. The van der Waals surface area contributed by atoms with Crippen LogP contribution in [0.2, 0.25) is 0 Å². The predicted octanol–water partition coefficient (Wildman–Crippen LogP) is 2.40. The lowest BCUT2D eigenvalue weighted by molar-refractivity contribution is 0.521. The van der Waals surface area contributed by atoms with Crippen molar-refractivity contribution in [2.45, 2.75) is 4.90 Å². The number of anilines is 1. The number of hydrogen-bond acceptors (Lipinski definition) is 4. The monoisotopic (exact) mass is 380 g/mol. The van der Waals surface area contributed by atoms with E-state index in [1.807, 2.05) is 0 Å². The van der Waals surface area contributed by atoms with Gasteiger partial charge >= 0.3 is 0 Å². The Bertz CT molecular complexity index is 881. The lowest BCUT2D eigenvalue weighted by Gasteiger charge is -2.13. The second kappa shape index (κ2) is 8.15. The van der Waals surface area contributed by atoms with Crippen LogP contribution in [0.4, 0.5) is 10.1 Å². The third kappa shape index (κ3) is 5.31. The molecule has 0 saturated carbocycles. The Morgan fingerprint density at radius 2 is 1.88 bits per heavy atom. The molecule has 0 aliphatic carbocycles. The quantitative estimate of drug-likeness (QED) is 0.473. The average Bonchev–Trinajstić information content (AvgIpc) is 2.56. The number of sulfonamides is 1. The zero-order valence-electron chi connectivity index (χ0n) is 13.6. The summed E-state index contributed by atoms with van der Waals surface area (Å²) in [4.78, 5) is 0.153. The Labute approximate surface area is 151 Å². The summed E-state index contributed by atoms with van der Waals surface area (Å²) in [6, 6.07) is 12.1. The van der Waals surface area contributed by atoms with Crippen LogP contribution in [0.1, 0.15) is 5.56 Å². The largest absolute Gasteiger partial charge is 0.331 e. The van der Waals surface area contributed by atoms with Gasteiger partial charge in [-0.3, -0.25) is 5.43 Å². The van der Waals surface area contributed by atoms with Gasteiger partial charge in [0.1, 0.15) is 5.82 Å². The minimum Gasteiger partial charge on any atom is -0.331 e. The van der Waals surface area contributed by atoms with Crippen molar-refractivity contribution in [2.75, 3.05) is 19.4 Å². The zero-order valence-corrected chi connectivity index (χ0v) is 15.2. The fraction of sp³-hybridized carbons (Fsp3) is 0.125. The molecule has 0 aliphatic rings. The molecule has 132 valence electrons. The van der Waals surface area contributed by atoms with E-state index < -0.39 is 10.0 Å². The molecule has 0 aliphatic heterocycles. The summed E-state index contributed by atoms with van der Waals surface area (Å²) in [6.45, 7) is 0. The molecule has 2 N–H and O–H groups in total. The van der Waals surface area contributed by atoms with Crippen LogP contribution in [0.3, 0.4) is 0 Å². The molecule has 6 nitrogen and oxygen atoms in total. The Kier molecular flexibility index (Phi) is 6.18. The van der Waals surface area contributed by atoms with E-state index in [2.05, 4.69) is 15.8 Å². The van der Waals surface area contributed by atoms with Crippen molar-refractivity contribution in [3.05, 3.63) is 59.9 Å². The number of rotatable bonds is 5. The van der Waals surface area contributed by atoms with Gasteiger partial charge in [-0.15, -0.1) is 0 Å². The van der Waals surface area contributed by atoms with Crippen LogP contribution >= 0.6 is 12.2 Å². The van der Waals surface area contributed by atoms with Gasteiger partial charge in [-0.25, -0.2) is 17.1 Å². The third-order valence-electron chi connectivity index (χ3n) is 3.12. The van der Waals surface area contributed by atoms with Crippen LogP contribution in [0.25, 0.3) is 0 Å². The highest BCUT2D eigenvalue weighted by Crippen LogP contribution is 2.17. The van der Waals surface area contributed by atoms with Crippen molar-refractivity contribution >= 4 is 39.3 Å². The van der Waals surface area contributed by atoms with Crippen LogP contribution in [-0.4, -0.2) is 38.1 Å².